The molecule has 3 rings (SSSR count). The number of hydrogen-bond acceptors (Lipinski definition) is 5. The first-order valence-electron chi connectivity index (χ1n) is 9.15. The molecule has 28 heavy (non-hydrogen) atoms. The average Bonchev–Trinajstić information content (AvgIpc) is 2.70. The summed E-state index contributed by atoms with van der Waals surface area (Å²) in [5.41, 5.74) is 1.74. The Morgan fingerprint density at radius 1 is 1.07 bits per heavy atom. The number of nitrogens with one attached hydrogen (secondary N) is 1. The molecule has 0 heterocycles. The van der Waals surface area contributed by atoms with Crippen molar-refractivity contribution in [2.75, 3.05) is 13.1 Å². The Bertz CT molecular complexity index is 983. The molecule has 0 fully saturated rings. The highest BCUT2D eigenvalue weighted by Gasteiger charge is 2.33. The molecule has 1 aliphatic carbocycles. The van der Waals surface area contributed by atoms with Crippen LogP contribution >= 0.6 is 0 Å². The van der Waals surface area contributed by atoms with E-state index < -0.39 is 21.0 Å². The van der Waals surface area contributed by atoms with Gasteiger partial charge in [0.2, 0.25) is 10.0 Å². The Morgan fingerprint density at radius 2 is 1.71 bits per heavy atom. The minimum Gasteiger partial charge on any atom is -0.296 e. The van der Waals surface area contributed by atoms with Gasteiger partial charge in [-0.25, -0.2) is 13.1 Å². The van der Waals surface area contributed by atoms with Crippen LogP contribution in [0.15, 0.2) is 59.5 Å². The fourth-order valence-corrected chi connectivity index (χ4v) is 4.77. The van der Waals surface area contributed by atoms with E-state index in [1.54, 1.807) is 0 Å². The molecular weight excluding hydrogens is 378 g/mol. The van der Waals surface area contributed by atoms with Gasteiger partial charge in [-0.15, -0.1) is 0 Å². The van der Waals surface area contributed by atoms with Crippen LogP contribution in [0.5, 0.6) is 0 Å². The first-order chi connectivity index (χ1) is 13.4. The van der Waals surface area contributed by atoms with E-state index in [1.165, 1.54) is 24.3 Å². The van der Waals surface area contributed by atoms with E-state index in [9.17, 15) is 18.5 Å². The molecular formula is C20H23N3O4S. The molecule has 2 atom stereocenters. The molecule has 8 heteroatoms. The van der Waals surface area contributed by atoms with Gasteiger partial charge in [-0.3, -0.25) is 15.0 Å². The summed E-state index contributed by atoms with van der Waals surface area (Å²) in [4.78, 5) is 12.5. The van der Waals surface area contributed by atoms with Crippen molar-refractivity contribution >= 4 is 21.8 Å². The molecule has 1 N–H and O–H groups in total. The van der Waals surface area contributed by atoms with Crippen molar-refractivity contribution in [3.8, 4) is 0 Å². The lowest BCUT2D eigenvalue weighted by atomic mass is 9.89. The summed E-state index contributed by atoms with van der Waals surface area (Å²) >= 11 is 0. The molecule has 7 nitrogen and oxygen atoms in total. The number of nitrogens with zero attached hydrogens (tertiary/aromatic N) is 2. The summed E-state index contributed by atoms with van der Waals surface area (Å²) in [5.74, 6) is 0. The van der Waals surface area contributed by atoms with Crippen molar-refractivity contribution in [1.82, 2.24) is 9.62 Å². The van der Waals surface area contributed by atoms with E-state index >= 15 is 0 Å². The van der Waals surface area contributed by atoms with Crippen molar-refractivity contribution in [2.24, 2.45) is 0 Å². The lowest BCUT2D eigenvalue weighted by Crippen LogP contribution is -2.46. The average molecular weight is 401 g/mol. The Balaban J connectivity index is 1.98. The summed E-state index contributed by atoms with van der Waals surface area (Å²) in [7, 11) is -3.86. The van der Waals surface area contributed by atoms with Crippen molar-refractivity contribution < 1.29 is 13.3 Å². The fraction of sp³-hybridized carbons (Fsp3) is 0.300. The van der Waals surface area contributed by atoms with E-state index in [2.05, 4.69) is 9.62 Å². The third kappa shape index (κ3) is 3.99. The summed E-state index contributed by atoms with van der Waals surface area (Å²) < 4.78 is 28.9. The van der Waals surface area contributed by atoms with Gasteiger partial charge >= 0.3 is 0 Å². The van der Waals surface area contributed by atoms with Crippen LogP contribution in [0.3, 0.4) is 0 Å². The quantitative estimate of drug-likeness (QED) is 0.567. The summed E-state index contributed by atoms with van der Waals surface area (Å²) in [6.07, 6.45) is 4.05. The molecule has 0 aromatic heterocycles. The standard InChI is InChI=1S/C20H23N3O4S/c1-3-22(4-2)19-14-9-15-7-5-6-8-18(15)20(19)21-28(26,27)17-12-10-16(11-13-17)23(24)25/h5-14,19-21H,3-4H2,1-2H3/t19-,20-/m0/s1. The van der Waals surface area contributed by atoms with Crippen molar-refractivity contribution in [3.63, 3.8) is 0 Å². The van der Waals surface area contributed by atoms with Crippen LogP contribution in [0.4, 0.5) is 5.69 Å². The number of fused-ring (bicyclic) bond motifs is 1. The molecule has 0 saturated heterocycles. The molecule has 148 valence electrons. The Morgan fingerprint density at radius 3 is 2.32 bits per heavy atom. The molecule has 2 aromatic carbocycles. The van der Waals surface area contributed by atoms with Crippen LogP contribution in [-0.2, 0) is 10.0 Å². The zero-order chi connectivity index (χ0) is 20.3. The number of nitro benzene ring substituents is 1. The van der Waals surface area contributed by atoms with E-state index in [0.717, 1.165) is 24.2 Å². The number of nitro groups is 1. The normalized spacial score (nSPS) is 18.8. The van der Waals surface area contributed by atoms with Crippen LogP contribution in [-0.4, -0.2) is 37.4 Å². The number of likely N-dealkylation sites (N-methyl/N-ethyl adjacent to an activating group) is 1. The van der Waals surface area contributed by atoms with Crippen LogP contribution in [0.1, 0.15) is 31.0 Å². The third-order valence-electron chi connectivity index (χ3n) is 5.02. The maximum absolute atomic E-state index is 13.0. The summed E-state index contributed by atoms with van der Waals surface area (Å²) in [6.45, 7) is 5.65. The predicted octanol–water partition coefficient (Wildman–Crippen LogP) is 3.35. The van der Waals surface area contributed by atoms with Gasteiger partial charge in [-0.05, 0) is 36.3 Å². The molecule has 0 amide bonds. The number of benzene rings is 2. The van der Waals surface area contributed by atoms with Gasteiger partial charge in [0.15, 0.2) is 0 Å². The van der Waals surface area contributed by atoms with E-state index in [0.29, 0.717) is 0 Å². The van der Waals surface area contributed by atoms with Gasteiger partial charge in [0.1, 0.15) is 0 Å². The highest BCUT2D eigenvalue weighted by molar-refractivity contribution is 7.89. The molecule has 0 saturated carbocycles. The van der Waals surface area contributed by atoms with E-state index in [4.69, 9.17) is 0 Å². The third-order valence-corrected chi connectivity index (χ3v) is 6.48. The first-order valence-corrected chi connectivity index (χ1v) is 10.6. The SMILES string of the molecule is CCN(CC)[C@H]1C=Cc2ccccc2[C@@H]1NS(=O)(=O)c1ccc([N+](=O)[O-])cc1. The Kier molecular flexibility index (Phi) is 5.93. The van der Waals surface area contributed by atoms with Crippen LogP contribution in [0, 0.1) is 10.1 Å². The molecule has 0 bridgehead atoms. The van der Waals surface area contributed by atoms with Gasteiger partial charge in [0.25, 0.3) is 5.69 Å². The molecule has 0 radical (unpaired) electrons. The van der Waals surface area contributed by atoms with Gasteiger partial charge in [0, 0.05) is 18.2 Å². The number of rotatable bonds is 7. The maximum Gasteiger partial charge on any atom is 0.269 e. The smallest absolute Gasteiger partial charge is 0.269 e. The summed E-state index contributed by atoms with van der Waals surface area (Å²) in [5, 5.41) is 10.8. The van der Waals surface area contributed by atoms with Gasteiger partial charge in [-0.2, -0.15) is 0 Å². The van der Waals surface area contributed by atoms with Crippen LogP contribution < -0.4 is 4.72 Å². The first kappa shape index (κ1) is 20.2. The number of sulfonamides is 1. The fourth-order valence-electron chi connectivity index (χ4n) is 3.54. The number of non-ortho nitro benzene ring substituents is 1. The second-order valence-electron chi connectivity index (χ2n) is 6.55. The largest absolute Gasteiger partial charge is 0.296 e. The Labute approximate surface area is 164 Å². The maximum atomic E-state index is 13.0. The minimum atomic E-state index is -3.86. The molecule has 0 spiro atoms. The molecule has 0 aliphatic heterocycles. The summed E-state index contributed by atoms with van der Waals surface area (Å²) in [6, 6.07) is 12.0. The van der Waals surface area contributed by atoms with E-state index in [1.807, 2.05) is 50.3 Å². The van der Waals surface area contributed by atoms with Gasteiger partial charge < -0.3 is 0 Å². The monoisotopic (exact) mass is 401 g/mol. The zero-order valence-electron chi connectivity index (χ0n) is 15.8. The lowest BCUT2D eigenvalue weighted by molar-refractivity contribution is -0.384. The minimum absolute atomic E-state index is 0.00318. The predicted molar refractivity (Wildman–Crippen MR) is 108 cm³/mol. The highest BCUT2D eigenvalue weighted by Crippen LogP contribution is 2.32. The molecule has 2 aromatic rings. The zero-order valence-corrected chi connectivity index (χ0v) is 16.6. The number of hydrogen-bond donors (Lipinski definition) is 1. The van der Waals surface area contributed by atoms with Crippen LogP contribution in [0.2, 0.25) is 0 Å². The van der Waals surface area contributed by atoms with Crippen molar-refractivity contribution in [1.29, 1.82) is 0 Å². The van der Waals surface area contributed by atoms with E-state index in [-0.39, 0.29) is 16.6 Å². The van der Waals surface area contributed by atoms with Crippen molar-refractivity contribution in [2.45, 2.75) is 30.8 Å². The molecule has 0 unspecified atom stereocenters. The van der Waals surface area contributed by atoms with Crippen molar-refractivity contribution in [3.05, 3.63) is 75.8 Å². The van der Waals surface area contributed by atoms with Gasteiger partial charge in [0.05, 0.1) is 15.9 Å². The lowest BCUT2D eigenvalue weighted by Gasteiger charge is -2.37. The topological polar surface area (TPSA) is 92.6 Å². The molecule has 1 aliphatic rings. The Hall–Kier alpha value is -2.55. The second kappa shape index (κ2) is 8.22. The van der Waals surface area contributed by atoms with Gasteiger partial charge in [-0.1, -0.05) is 50.3 Å². The highest BCUT2D eigenvalue weighted by atomic mass is 32.2. The second-order valence-corrected chi connectivity index (χ2v) is 8.26. The van der Waals surface area contributed by atoms with Crippen LogP contribution in [0.25, 0.3) is 6.08 Å².